The Labute approximate surface area is 194 Å². The molecule has 9 heteroatoms. The molecule has 1 aliphatic rings. The van der Waals surface area contributed by atoms with Gasteiger partial charge in [-0.25, -0.2) is 9.78 Å². The van der Waals surface area contributed by atoms with Gasteiger partial charge in [-0.05, 0) is 48.9 Å². The van der Waals surface area contributed by atoms with E-state index in [2.05, 4.69) is 20.0 Å². The number of thiophene rings is 1. The molecule has 0 fully saturated rings. The third-order valence-corrected chi connectivity index (χ3v) is 7.60. The van der Waals surface area contributed by atoms with Crippen LogP contribution in [0.3, 0.4) is 0 Å². The highest BCUT2D eigenvalue weighted by Crippen LogP contribution is 2.34. The van der Waals surface area contributed by atoms with Gasteiger partial charge < -0.3 is 15.0 Å². The van der Waals surface area contributed by atoms with Crippen LogP contribution in [0.5, 0.6) is 0 Å². The lowest BCUT2D eigenvalue weighted by atomic mass is 10.1. The Morgan fingerprint density at radius 2 is 2.06 bits per heavy atom. The molecule has 2 heterocycles. The quantitative estimate of drug-likeness (QED) is 0.367. The Morgan fingerprint density at radius 1 is 1.25 bits per heavy atom. The normalized spacial score (nSPS) is 12.7. The van der Waals surface area contributed by atoms with Crippen molar-refractivity contribution < 1.29 is 14.3 Å². The van der Waals surface area contributed by atoms with E-state index in [-0.39, 0.29) is 17.4 Å². The number of nitrogens with zero attached hydrogens (tertiary/aromatic N) is 1. The Balaban J connectivity index is 1.18. The van der Waals surface area contributed by atoms with Crippen molar-refractivity contribution in [3.8, 4) is 0 Å². The SMILES string of the molecule is COC(=O)c1ccc(CCNC(=O)CCSCc2nc3sc4c(c3c(=O)[nH]2)CCC4)cc1. The van der Waals surface area contributed by atoms with Gasteiger partial charge in [0.15, 0.2) is 0 Å². The van der Waals surface area contributed by atoms with E-state index in [0.717, 1.165) is 35.0 Å². The van der Waals surface area contributed by atoms with Gasteiger partial charge in [0.25, 0.3) is 5.56 Å². The molecule has 168 valence electrons. The van der Waals surface area contributed by atoms with Crippen molar-refractivity contribution in [2.24, 2.45) is 0 Å². The van der Waals surface area contributed by atoms with Crippen molar-refractivity contribution in [3.05, 3.63) is 62.0 Å². The number of rotatable bonds is 9. The average molecular weight is 472 g/mol. The summed E-state index contributed by atoms with van der Waals surface area (Å²) in [6.07, 6.45) is 4.25. The third-order valence-electron chi connectivity index (χ3n) is 5.45. The highest BCUT2D eigenvalue weighted by atomic mass is 32.2. The van der Waals surface area contributed by atoms with E-state index in [1.807, 2.05) is 12.1 Å². The van der Waals surface area contributed by atoms with Crippen LogP contribution in [0.1, 0.15) is 45.0 Å². The Morgan fingerprint density at radius 3 is 2.84 bits per heavy atom. The number of ether oxygens (including phenoxy) is 1. The molecule has 3 aromatic rings. The van der Waals surface area contributed by atoms with Gasteiger partial charge in [-0.1, -0.05) is 12.1 Å². The first-order chi connectivity index (χ1) is 15.5. The fourth-order valence-electron chi connectivity index (χ4n) is 3.81. The minimum absolute atomic E-state index is 0.00438. The second-order valence-electron chi connectivity index (χ2n) is 7.64. The number of H-pyrrole nitrogens is 1. The molecule has 1 aliphatic carbocycles. The van der Waals surface area contributed by atoms with Gasteiger partial charge in [-0.2, -0.15) is 11.8 Å². The molecule has 2 N–H and O–H groups in total. The monoisotopic (exact) mass is 471 g/mol. The lowest BCUT2D eigenvalue weighted by molar-refractivity contribution is -0.120. The highest BCUT2D eigenvalue weighted by molar-refractivity contribution is 7.98. The van der Waals surface area contributed by atoms with Crippen molar-refractivity contribution in [1.29, 1.82) is 0 Å². The summed E-state index contributed by atoms with van der Waals surface area (Å²) < 4.78 is 4.68. The maximum Gasteiger partial charge on any atom is 0.337 e. The van der Waals surface area contributed by atoms with Crippen molar-refractivity contribution in [1.82, 2.24) is 15.3 Å². The van der Waals surface area contributed by atoms with E-state index in [1.165, 1.54) is 17.6 Å². The summed E-state index contributed by atoms with van der Waals surface area (Å²) in [5.74, 6) is 1.54. The number of aromatic amines is 1. The summed E-state index contributed by atoms with van der Waals surface area (Å²) in [7, 11) is 1.35. The van der Waals surface area contributed by atoms with Crippen LogP contribution in [0, 0.1) is 0 Å². The maximum atomic E-state index is 12.5. The number of aromatic nitrogens is 2. The number of esters is 1. The van der Waals surface area contributed by atoms with E-state index < -0.39 is 0 Å². The van der Waals surface area contributed by atoms with Crippen molar-refractivity contribution in [3.63, 3.8) is 0 Å². The predicted octanol–water partition coefficient (Wildman–Crippen LogP) is 3.24. The summed E-state index contributed by atoms with van der Waals surface area (Å²) in [6, 6.07) is 7.17. The summed E-state index contributed by atoms with van der Waals surface area (Å²) in [5, 5.41) is 3.69. The van der Waals surface area contributed by atoms with Crippen molar-refractivity contribution in [2.75, 3.05) is 19.4 Å². The van der Waals surface area contributed by atoms with Crippen molar-refractivity contribution in [2.45, 2.75) is 37.9 Å². The fraction of sp³-hybridized carbons (Fsp3) is 0.391. The molecule has 0 saturated heterocycles. The Bertz CT molecular complexity index is 1180. The minimum Gasteiger partial charge on any atom is -0.465 e. The summed E-state index contributed by atoms with van der Waals surface area (Å²) in [6.45, 7) is 0.537. The number of nitrogens with one attached hydrogen (secondary N) is 2. The molecular formula is C23H25N3O4S2. The lowest BCUT2D eigenvalue weighted by Gasteiger charge is -2.06. The summed E-state index contributed by atoms with van der Waals surface area (Å²) in [5.41, 5.74) is 2.70. The van der Waals surface area contributed by atoms with Crippen LogP contribution < -0.4 is 10.9 Å². The highest BCUT2D eigenvalue weighted by Gasteiger charge is 2.21. The first-order valence-electron chi connectivity index (χ1n) is 10.6. The van der Waals surface area contributed by atoms with E-state index in [0.29, 0.717) is 42.3 Å². The van der Waals surface area contributed by atoms with Gasteiger partial charge in [0, 0.05) is 23.6 Å². The number of hydrogen-bond donors (Lipinski definition) is 2. The zero-order valence-corrected chi connectivity index (χ0v) is 19.5. The molecule has 0 unspecified atom stereocenters. The maximum absolute atomic E-state index is 12.5. The number of thioether (sulfide) groups is 1. The van der Waals surface area contributed by atoms with Gasteiger partial charge in [0.2, 0.25) is 5.91 Å². The fourth-order valence-corrected chi connectivity index (χ4v) is 5.89. The topological polar surface area (TPSA) is 101 Å². The zero-order valence-electron chi connectivity index (χ0n) is 17.9. The second-order valence-corrected chi connectivity index (χ2v) is 9.83. The number of methoxy groups -OCH3 is 1. The van der Waals surface area contributed by atoms with Crippen LogP contribution in [0.4, 0.5) is 0 Å². The third kappa shape index (κ3) is 5.21. The summed E-state index contributed by atoms with van der Waals surface area (Å²) >= 11 is 3.23. The smallest absolute Gasteiger partial charge is 0.337 e. The lowest BCUT2D eigenvalue weighted by Crippen LogP contribution is -2.25. The largest absolute Gasteiger partial charge is 0.465 e. The molecule has 0 atom stereocenters. The van der Waals surface area contributed by atoms with Gasteiger partial charge >= 0.3 is 5.97 Å². The number of benzene rings is 1. The second kappa shape index (κ2) is 10.3. The van der Waals surface area contributed by atoms with Crippen LogP contribution in [-0.4, -0.2) is 41.3 Å². The number of hydrogen-bond acceptors (Lipinski definition) is 7. The molecule has 1 aromatic carbocycles. The molecule has 0 spiro atoms. The van der Waals surface area contributed by atoms with E-state index >= 15 is 0 Å². The van der Waals surface area contributed by atoms with Crippen LogP contribution in [0.15, 0.2) is 29.1 Å². The van der Waals surface area contributed by atoms with Crippen LogP contribution in [0.25, 0.3) is 10.2 Å². The number of aryl methyl sites for hydroxylation is 2. The molecule has 0 bridgehead atoms. The number of fused-ring (bicyclic) bond motifs is 3. The molecule has 0 radical (unpaired) electrons. The standard InChI is InChI=1S/C23H25N3O4S2/c1-30-23(29)15-7-5-14(6-8-15)9-11-24-19(27)10-12-31-13-18-25-21(28)20-16-3-2-4-17(16)32-22(20)26-18/h5-8H,2-4,9-13H2,1H3,(H,24,27)(H,25,26,28). The molecule has 0 aliphatic heterocycles. The molecule has 0 saturated carbocycles. The van der Waals surface area contributed by atoms with Crippen LogP contribution >= 0.6 is 23.1 Å². The molecular weight excluding hydrogens is 446 g/mol. The van der Waals surface area contributed by atoms with E-state index in [9.17, 15) is 14.4 Å². The zero-order chi connectivity index (χ0) is 22.5. The molecule has 2 aromatic heterocycles. The number of amides is 1. The van der Waals surface area contributed by atoms with E-state index in [4.69, 9.17) is 0 Å². The first-order valence-corrected chi connectivity index (χ1v) is 12.6. The van der Waals surface area contributed by atoms with Crippen LogP contribution in [0.2, 0.25) is 0 Å². The first kappa shape index (κ1) is 22.5. The Hall–Kier alpha value is -2.65. The molecule has 4 rings (SSSR count). The van der Waals surface area contributed by atoms with Gasteiger partial charge in [0.1, 0.15) is 10.7 Å². The number of carbonyl (C=O) groups excluding carboxylic acids is 2. The van der Waals surface area contributed by atoms with Gasteiger partial charge in [-0.15, -0.1) is 11.3 Å². The van der Waals surface area contributed by atoms with Gasteiger partial charge in [-0.3, -0.25) is 9.59 Å². The predicted molar refractivity (Wildman–Crippen MR) is 128 cm³/mol. The molecule has 7 nitrogen and oxygen atoms in total. The van der Waals surface area contributed by atoms with E-state index in [1.54, 1.807) is 35.2 Å². The molecule has 32 heavy (non-hydrogen) atoms. The summed E-state index contributed by atoms with van der Waals surface area (Å²) in [4.78, 5) is 45.7. The van der Waals surface area contributed by atoms with Crippen molar-refractivity contribution >= 4 is 45.2 Å². The Kier molecular flexibility index (Phi) is 7.26. The number of carbonyl (C=O) groups is 2. The van der Waals surface area contributed by atoms with Gasteiger partial charge in [0.05, 0.1) is 23.8 Å². The minimum atomic E-state index is -0.361. The van der Waals surface area contributed by atoms with Crippen LogP contribution in [-0.2, 0) is 34.5 Å². The molecule has 1 amide bonds. The average Bonchev–Trinajstić information content (AvgIpc) is 3.37.